The first kappa shape index (κ1) is 22.6. The zero-order chi connectivity index (χ0) is 24.5. The van der Waals surface area contributed by atoms with E-state index in [1.807, 2.05) is 13.8 Å². The van der Waals surface area contributed by atoms with E-state index in [9.17, 15) is 0 Å². The van der Waals surface area contributed by atoms with Crippen LogP contribution in [0.2, 0.25) is 0 Å². The minimum atomic E-state index is 0.437. The van der Waals surface area contributed by atoms with Gasteiger partial charge >= 0.3 is 0 Å². The molecule has 0 spiro atoms. The molecule has 0 saturated heterocycles. The third kappa shape index (κ3) is 3.78. The molecule has 0 unspecified atom stereocenters. The third-order valence-corrected chi connectivity index (χ3v) is 7.83. The highest BCUT2D eigenvalue weighted by Crippen LogP contribution is 2.47. The Bertz CT molecular complexity index is 1300. The Morgan fingerprint density at radius 2 is 0.611 bits per heavy atom. The van der Waals surface area contributed by atoms with E-state index in [1.54, 1.807) is 0 Å². The van der Waals surface area contributed by atoms with Crippen molar-refractivity contribution in [3.8, 4) is 22.3 Å². The molecule has 0 radical (unpaired) electrons. The summed E-state index contributed by atoms with van der Waals surface area (Å²) in [6.45, 7) is 4.00. The summed E-state index contributed by atoms with van der Waals surface area (Å²) in [5.41, 5.74) is 14.3. The Morgan fingerprint density at radius 1 is 0.361 bits per heavy atom. The second-order valence-corrected chi connectivity index (χ2v) is 9.68. The molecule has 2 aliphatic carbocycles. The van der Waals surface area contributed by atoms with Gasteiger partial charge in [-0.2, -0.15) is 0 Å². The number of fused-ring (bicyclic) bond motifs is 6. The van der Waals surface area contributed by atoms with Crippen molar-refractivity contribution in [3.63, 3.8) is 0 Å². The van der Waals surface area contributed by atoms with Gasteiger partial charge in [0.2, 0.25) is 0 Å². The topological polar surface area (TPSA) is 0 Å². The van der Waals surface area contributed by atoms with Crippen LogP contribution in [0, 0.1) is 0 Å². The summed E-state index contributed by atoms with van der Waals surface area (Å²) in [4.78, 5) is 0. The van der Waals surface area contributed by atoms with Crippen molar-refractivity contribution < 1.29 is 0 Å². The molecule has 0 fully saturated rings. The monoisotopic (exact) mass is 464 g/mol. The first-order valence-electron chi connectivity index (χ1n) is 13.3. The lowest BCUT2D eigenvalue weighted by Crippen LogP contribution is -2.03. The smallest absolute Gasteiger partial charge is 0.0142 e. The Morgan fingerprint density at radius 3 is 0.889 bits per heavy atom. The molecule has 0 aromatic heterocycles. The molecule has 7 rings (SSSR count). The number of hydrogen-bond donors (Lipinski definition) is 0. The van der Waals surface area contributed by atoms with Crippen LogP contribution >= 0.6 is 0 Å². The van der Waals surface area contributed by atoms with Gasteiger partial charge < -0.3 is 0 Å². The lowest BCUT2D eigenvalue weighted by Gasteiger charge is -2.16. The molecule has 5 aromatic rings. The van der Waals surface area contributed by atoms with Crippen molar-refractivity contribution >= 4 is 0 Å². The Balaban J connectivity index is 0.00000117. The van der Waals surface area contributed by atoms with Gasteiger partial charge in [0.05, 0.1) is 0 Å². The Labute approximate surface area is 215 Å². The van der Waals surface area contributed by atoms with Crippen LogP contribution in [0.5, 0.6) is 0 Å². The van der Waals surface area contributed by atoms with Gasteiger partial charge in [-0.05, 0) is 68.5 Å². The molecule has 0 nitrogen and oxygen atoms in total. The van der Waals surface area contributed by atoms with Crippen molar-refractivity contribution in [2.24, 2.45) is 0 Å². The summed E-state index contributed by atoms with van der Waals surface area (Å²) in [7, 11) is 0. The van der Waals surface area contributed by atoms with E-state index < -0.39 is 0 Å². The standard InChI is InChI=1S/C34H26.C2H6/c1-5-13-29-25(9-1)26-10-2-6-14-30(26)33(29)21-23-17-19-24(20-18-23)22-34-31-15-7-3-11-27(31)28-12-4-8-16-32(28)34;1-2/h1-20,33-34H,21-22H2;1-2H3. The van der Waals surface area contributed by atoms with Crippen molar-refractivity contribution in [1.82, 2.24) is 0 Å². The third-order valence-electron chi connectivity index (χ3n) is 7.83. The molecule has 0 aliphatic heterocycles. The molecular formula is C36H32. The minimum absolute atomic E-state index is 0.437. The SMILES string of the molecule is CC.c1ccc2c(c1)-c1ccccc1C2Cc1ccc(CC2c3ccccc3-c3ccccc32)cc1. The number of rotatable bonds is 4. The van der Waals surface area contributed by atoms with E-state index in [2.05, 4.69) is 121 Å². The van der Waals surface area contributed by atoms with E-state index >= 15 is 0 Å². The molecule has 0 saturated carbocycles. The summed E-state index contributed by atoms with van der Waals surface area (Å²) in [6.07, 6.45) is 2.09. The zero-order valence-electron chi connectivity index (χ0n) is 21.1. The van der Waals surface area contributed by atoms with Crippen molar-refractivity contribution in [1.29, 1.82) is 0 Å². The summed E-state index contributed by atoms with van der Waals surface area (Å²) in [6, 6.07) is 45.1. The average Bonchev–Trinajstić information content (AvgIpc) is 3.44. The summed E-state index contributed by atoms with van der Waals surface area (Å²) in [5, 5.41) is 0. The maximum Gasteiger partial charge on any atom is 0.0142 e. The fraction of sp³-hybridized carbons (Fsp3) is 0.167. The average molecular weight is 465 g/mol. The highest BCUT2D eigenvalue weighted by molar-refractivity contribution is 5.80. The molecule has 0 heteroatoms. The molecular weight excluding hydrogens is 432 g/mol. The van der Waals surface area contributed by atoms with Crippen molar-refractivity contribution in [2.75, 3.05) is 0 Å². The van der Waals surface area contributed by atoms with E-state index in [-0.39, 0.29) is 0 Å². The number of hydrogen-bond acceptors (Lipinski definition) is 0. The predicted octanol–water partition coefficient (Wildman–Crippen LogP) is 9.42. The van der Waals surface area contributed by atoms with Crippen LogP contribution in [0.1, 0.15) is 59.1 Å². The second-order valence-electron chi connectivity index (χ2n) is 9.68. The van der Waals surface area contributed by atoms with Crippen LogP contribution in [-0.2, 0) is 12.8 Å². The van der Waals surface area contributed by atoms with Crippen molar-refractivity contribution in [2.45, 2.75) is 38.5 Å². The molecule has 2 aliphatic rings. The Hall–Kier alpha value is -3.90. The molecule has 0 atom stereocenters. The highest BCUT2D eigenvalue weighted by atomic mass is 14.3. The number of benzene rings is 5. The molecule has 0 heterocycles. The van der Waals surface area contributed by atoms with Crippen molar-refractivity contribution in [3.05, 3.63) is 155 Å². The summed E-state index contributed by atoms with van der Waals surface area (Å²) < 4.78 is 0. The molecule has 0 N–H and O–H groups in total. The normalized spacial score (nSPS) is 13.3. The van der Waals surface area contributed by atoms with Crippen LogP contribution in [0.3, 0.4) is 0 Å². The summed E-state index contributed by atoms with van der Waals surface area (Å²) in [5.74, 6) is 0.874. The van der Waals surface area contributed by atoms with E-state index in [4.69, 9.17) is 0 Å². The van der Waals surface area contributed by atoms with Crippen LogP contribution in [0.25, 0.3) is 22.3 Å². The van der Waals surface area contributed by atoms with E-state index in [0.717, 1.165) is 12.8 Å². The van der Waals surface area contributed by atoms with Gasteiger partial charge in [0, 0.05) is 11.8 Å². The van der Waals surface area contributed by atoms with Gasteiger partial charge in [-0.15, -0.1) is 0 Å². The predicted molar refractivity (Wildman–Crippen MR) is 153 cm³/mol. The minimum Gasteiger partial charge on any atom is -0.0683 e. The van der Waals surface area contributed by atoms with Gasteiger partial charge in [-0.3, -0.25) is 0 Å². The Kier molecular flexibility index (Phi) is 6.03. The first-order valence-corrected chi connectivity index (χ1v) is 13.3. The van der Waals surface area contributed by atoms with Gasteiger partial charge in [0.1, 0.15) is 0 Å². The lowest BCUT2D eigenvalue weighted by atomic mass is 9.88. The highest BCUT2D eigenvalue weighted by Gasteiger charge is 2.29. The second kappa shape index (κ2) is 9.63. The van der Waals surface area contributed by atoms with E-state index in [1.165, 1.54) is 55.6 Å². The van der Waals surface area contributed by atoms with Crippen LogP contribution < -0.4 is 0 Å². The fourth-order valence-corrected chi connectivity index (χ4v) is 6.24. The summed E-state index contributed by atoms with van der Waals surface area (Å²) >= 11 is 0. The van der Waals surface area contributed by atoms with Crippen LogP contribution in [-0.4, -0.2) is 0 Å². The largest absolute Gasteiger partial charge is 0.0683 e. The molecule has 36 heavy (non-hydrogen) atoms. The quantitative estimate of drug-likeness (QED) is 0.248. The van der Waals surface area contributed by atoms with Crippen LogP contribution in [0.4, 0.5) is 0 Å². The lowest BCUT2D eigenvalue weighted by molar-refractivity contribution is 0.814. The van der Waals surface area contributed by atoms with Gasteiger partial charge in [0.15, 0.2) is 0 Å². The molecule has 0 bridgehead atoms. The zero-order valence-corrected chi connectivity index (χ0v) is 21.1. The van der Waals surface area contributed by atoms with Gasteiger partial charge in [-0.25, -0.2) is 0 Å². The van der Waals surface area contributed by atoms with Crippen LogP contribution in [0.15, 0.2) is 121 Å². The van der Waals surface area contributed by atoms with Gasteiger partial charge in [0.25, 0.3) is 0 Å². The molecule has 0 amide bonds. The first-order chi connectivity index (χ1) is 17.9. The maximum atomic E-state index is 2.35. The van der Waals surface area contributed by atoms with Gasteiger partial charge in [-0.1, -0.05) is 135 Å². The molecule has 176 valence electrons. The van der Waals surface area contributed by atoms with E-state index in [0.29, 0.717) is 11.8 Å². The maximum absolute atomic E-state index is 2.35. The molecule has 5 aromatic carbocycles. The fourth-order valence-electron chi connectivity index (χ4n) is 6.24.